The van der Waals surface area contributed by atoms with Gasteiger partial charge in [-0.2, -0.15) is 4.98 Å². The van der Waals surface area contributed by atoms with E-state index in [9.17, 15) is 9.18 Å². The van der Waals surface area contributed by atoms with Crippen LogP contribution in [0.5, 0.6) is 5.88 Å². The van der Waals surface area contributed by atoms with E-state index in [1.165, 1.54) is 23.9 Å². The second-order valence-electron chi connectivity index (χ2n) is 5.82. The van der Waals surface area contributed by atoms with Crippen molar-refractivity contribution in [1.29, 1.82) is 0 Å². The molecule has 1 N–H and O–H groups in total. The summed E-state index contributed by atoms with van der Waals surface area (Å²) in [6, 6.07) is 6.50. The Bertz CT molecular complexity index is 801. The number of halogens is 4. The quantitative estimate of drug-likeness (QED) is 0.291. The number of hydrogen-bond acceptors (Lipinski definition) is 5. The number of benzene rings is 1. The zero-order valence-corrected chi connectivity index (χ0v) is 17.8. The lowest BCUT2D eigenvalue weighted by molar-refractivity contribution is 0.0824. The van der Waals surface area contributed by atoms with Gasteiger partial charge in [0, 0.05) is 22.6 Å². The van der Waals surface area contributed by atoms with Crippen LogP contribution in [0.1, 0.15) is 29.9 Å². The van der Waals surface area contributed by atoms with Gasteiger partial charge < -0.3 is 10.1 Å². The molecule has 2 aromatic rings. The number of rotatable bonds is 6. The highest BCUT2D eigenvalue weighted by Crippen LogP contribution is 2.32. The van der Waals surface area contributed by atoms with Gasteiger partial charge in [-0.05, 0) is 31.2 Å². The maximum Gasteiger partial charge on any atom is 0.254 e. The van der Waals surface area contributed by atoms with Crippen LogP contribution in [-0.4, -0.2) is 31.1 Å². The molecule has 0 spiro atoms. The van der Waals surface area contributed by atoms with E-state index in [1.807, 2.05) is 13.8 Å². The van der Waals surface area contributed by atoms with E-state index in [1.54, 1.807) is 13.0 Å². The summed E-state index contributed by atoms with van der Waals surface area (Å²) in [4.78, 5) is 20.9. The maximum atomic E-state index is 13.0. The van der Waals surface area contributed by atoms with Crippen LogP contribution in [0, 0.1) is 12.7 Å². The van der Waals surface area contributed by atoms with Gasteiger partial charge in [0.1, 0.15) is 5.82 Å². The molecule has 0 radical (unpaired) electrons. The first kappa shape index (κ1) is 22.0. The van der Waals surface area contributed by atoms with Crippen molar-refractivity contribution in [2.75, 3.05) is 0 Å². The van der Waals surface area contributed by atoms with Crippen LogP contribution < -0.4 is 10.1 Å². The number of carbonyl (C=O) groups is 1. The van der Waals surface area contributed by atoms with Crippen molar-refractivity contribution in [3.05, 3.63) is 47.4 Å². The smallest absolute Gasteiger partial charge is 0.254 e. The Morgan fingerprint density at radius 1 is 1.22 bits per heavy atom. The lowest BCUT2D eigenvalue weighted by atomic mass is 10.2. The highest BCUT2D eigenvalue weighted by atomic mass is 35.6. The molecule has 1 aromatic heterocycles. The van der Waals surface area contributed by atoms with Gasteiger partial charge in [0.2, 0.25) is 15.9 Å². The van der Waals surface area contributed by atoms with Crippen molar-refractivity contribution in [2.45, 2.75) is 41.2 Å². The van der Waals surface area contributed by atoms with Crippen LogP contribution in [0.25, 0.3) is 0 Å². The molecule has 1 aromatic carbocycles. The maximum absolute atomic E-state index is 13.0. The molecule has 0 aliphatic heterocycles. The van der Waals surface area contributed by atoms with Gasteiger partial charge in [0.15, 0.2) is 5.16 Å². The van der Waals surface area contributed by atoms with E-state index in [4.69, 9.17) is 39.5 Å². The number of nitrogens with one attached hydrogen (secondary N) is 1. The fourth-order valence-corrected chi connectivity index (χ4v) is 3.00. The van der Waals surface area contributed by atoms with Gasteiger partial charge in [0.25, 0.3) is 5.91 Å². The first-order valence-corrected chi connectivity index (χ1v) is 9.88. The van der Waals surface area contributed by atoms with E-state index in [2.05, 4.69) is 15.3 Å². The molecular weight excluding hydrogens is 436 g/mol. The van der Waals surface area contributed by atoms with E-state index in [0.717, 1.165) is 12.1 Å². The molecule has 0 fully saturated rings. The monoisotopic (exact) mass is 451 g/mol. The fraction of sp³-hybridized carbons (Fsp3) is 0.353. The molecular formula is C17H17Cl3FN3O2S. The number of aromatic nitrogens is 2. The number of alkyl halides is 3. The van der Waals surface area contributed by atoms with Gasteiger partial charge >= 0.3 is 0 Å². The summed E-state index contributed by atoms with van der Waals surface area (Å²) in [7, 11) is 0. The second-order valence-corrected chi connectivity index (χ2v) is 9.73. The molecule has 1 amide bonds. The Morgan fingerprint density at radius 2 is 1.85 bits per heavy atom. The largest absolute Gasteiger partial charge is 0.449 e. The number of thioether (sulfide) groups is 1. The van der Waals surface area contributed by atoms with E-state index >= 15 is 0 Å². The van der Waals surface area contributed by atoms with Crippen molar-refractivity contribution >= 4 is 52.5 Å². The minimum absolute atomic E-state index is 0.154. The summed E-state index contributed by atoms with van der Waals surface area (Å²) in [5.41, 5.74) is 0.852. The average molecular weight is 453 g/mol. The topological polar surface area (TPSA) is 64.1 Å². The summed E-state index contributed by atoms with van der Waals surface area (Å²) in [5, 5.41) is 3.25. The van der Waals surface area contributed by atoms with Crippen LogP contribution in [0.3, 0.4) is 0 Å². The Labute approximate surface area is 176 Å². The minimum atomic E-state index is -1.97. The van der Waals surface area contributed by atoms with Crippen LogP contribution in [-0.2, 0) is 0 Å². The molecule has 0 aliphatic carbocycles. The van der Waals surface area contributed by atoms with Crippen molar-refractivity contribution in [2.24, 2.45) is 0 Å². The van der Waals surface area contributed by atoms with E-state index in [-0.39, 0.29) is 16.7 Å². The lowest BCUT2D eigenvalue weighted by Crippen LogP contribution is -2.48. The summed E-state index contributed by atoms with van der Waals surface area (Å²) >= 11 is 19.3. The molecule has 0 aliphatic rings. The van der Waals surface area contributed by atoms with Crippen LogP contribution >= 0.6 is 46.6 Å². The summed E-state index contributed by atoms with van der Waals surface area (Å²) < 4.78 is 16.7. The van der Waals surface area contributed by atoms with Crippen LogP contribution in [0.2, 0.25) is 0 Å². The Morgan fingerprint density at radius 3 is 2.41 bits per heavy atom. The molecule has 27 heavy (non-hydrogen) atoms. The number of amides is 1. The number of hydrogen-bond donors (Lipinski definition) is 1. The highest BCUT2D eigenvalue weighted by Gasteiger charge is 2.37. The van der Waals surface area contributed by atoms with Crippen molar-refractivity contribution in [3.63, 3.8) is 0 Å². The first-order chi connectivity index (χ1) is 12.5. The van der Waals surface area contributed by atoms with Crippen molar-refractivity contribution in [1.82, 2.24) is 15.3 Å². The molecule has 2 rings (SSSR count). The van der Waals surface area contributed by atoms with Crippen molar-refractivity contribution in [3.8, 4) is 5.88 Å². The molecule has 0 saturated heterocycles. The average Bonchev–Trinajstić information content (AvgIpc) is 2.52. The van der Waals surface area contributed by atoms with Gasteiger partial charge in [-0.1, -0.05) is 60.4 Å². The number of ether oxygens (including phenoxy) is 1. The van der Waals surface area contributed by atoms with Gasteiger partial charge in [-0.25, -0.2) is 9.37 Å². The summed E-state index contributed by atoms with van der Waals surface area (Å²) in [5.74, 6) is -0.900. The Balaban J connectivity index is 2.21. The third-order valence-corrected chi connectivity index (χ3v) is 4.52. The zero-order chi connectivity index (χ0) is 20.2. The summed E-state index contributed by atoms with van der Waals surface area (Å²) in [6.45, 7) is 5.79. The lowest BCUT2D eigenvalue weighted by Gasteiger charge is -2.26. The Hall–Kier alpha value is -1.28. The van der Waals surface area contributed by atoms with Gasteiger partial charge in [0.05, 0.1) is 0 Å². The molecule has 0 saturated carbocycles. The van der Waals surface area contributed by atoms with E-state index in [0.29, 0.717) is 10.9 Å². The molecule has 0 bridgehead atoms. The highest BCUT2D eigenvalue weighted by molar-refractivity contribution is 7.99. The molecule has 1 atom stereocenters. The van der Waals surface area contributed by atoms with Crippen molar-refractivity contribution < 1.29 is 13.9 Å². The molecule has 1 heterocycles. The number of carbonyl (C=O) groups excluding carboxylic acids is 1. The zero-order valence-electron chi connectivity index (χ0n) is 14.7. The van der Waals surface area contributed by atoms with Crippen LogP contribution in [0.4, 0.5) is 4.39 Å². The molecule has 146 valence electrons. The number of aryl methyl sites for hydroxylation is 1. The standard InChI is InChI=1S/C17H17Cl3FN3O2S/c1-9(2)27-16-22-10(3)8-13(23-16)26-15(17(18,19)20)24-14(25)11-4-6-12(21)7-5-11/h4-9,15H,1-3H3,(H,24,25). The predicted molar refractivity (Wildman–Crippen MR) is 106 cm³/mol. The first-order valence-electron chi connectivity index (χ1n) is 7.86. The third kappa shape index (κ3) is 6.99. The predicted octanol–water partition coefficient (Wildman–Crippen LogP) is 4.93. The van der Waals surface area contributed by atoms with E-state index < -0.39 is 21.7 Å². The molecule has 1 unspecified atom stereocenters. The normalized spacial score (nSPS) is 12.7. The fourth-order valence-electron chi connectivity index (χ4n) is 1.94. The summed E-state index contributed by atoms with van der Waals surface area (Å²) in [6.07, 6.45) is -1.33. The second kappa shape index (κ2) is 9.28. The van der Waals surface area contributed by atoms with Gasteiger partial charge in [-0.3, -0.25) is 4.79 Å². The number of nitrogens with zero attached hydrogens (tertiary/aromatic N) is 2. The Kier molecular flexibility index (Phi) is 7.56. The SMILES string of the molecule is Cc1cc(OC(NC(=O)c2ccc(F)cc2)C(Cl)(Cl)Cl)nc(SC(C)C)n1. The molecule has 5 nitrogen and oxygen atoms in total. The third-order valence-electron chi connectivity index (χ3n) is 3.06. The van der Waals surface area contributed by atoms with Crippen LogP contribution in [0.15, 0.2) is 35.5 Å². The molecule has 10 heteroatoms. The van der Waals surface area contributed by atoms with Gasteiger partial charge in [-0.15, -0.1) is 0 Å². The minimum Gasteiger partial charge on any atom is -0.449 e.